The lowest BCUT2D eigenvalue weighted by atomic mass is 9.90. The lowest BCUT2D eigenvalue weighted by molar-refractivity contribution is -0.138. The van der Waals surface area contributed by atoms with Gasteiger partial charge in [0.2, 0.25) is 11.8 Å². The lowest BCUT2D eigenvalue weighted by Crippen LogP contribution is -2.45. The van der Waals surface area contributed by atoms with Gasteiger partial charge < -0.3 is 10.6 Å². The highest BCUT2D eigenvalue weighted by Gasteiger charge is 2.39. The Morgan fingerprint density at radius 2 is 1.81 bits per heavy atom. The number of benzene rings is 1. The monoisotopic (exact) mass is 399 g/mol. The van der Waals surface area contributed by atoms with Crippen molar-refractivity contribution in [2.45, 2.75) is 26.6 Å². The molecular formula is C18H17ClF3N3O2. The number of carbonyl (C=O) groups is 2. The smallest absolute Gasteiger partial charge is 0.350 e. The van der Waals surface area contributed by atoms with Crippen LogP contribution in [0.3, 0.4) is 0 Å². The topological polar surface area (TPSA) is 71.1 Å². The third-order valence-electron chi connectivity index (χ3n) is 3.83. The van der Waals surface area contributed by atoms with E-state index in [2.05, 4.69) is 15.6 Å². The maximum Gasteiger partial charge on any atom is 0.418 e. The maximum atomic E-state index is 13.1. The Hall–Kier alpha value is -2.61. The number of hydrogen-bond acceptors (Lipinski definition) is 3. The third kappa shape index (κ3) is 5.19. The van der Waals surface area contributed by atoms with Gasteiger partial charge in [0, 0.05) is 11.2 Å². The average molecular weight is 400 g/mol. The van der Waals surface area contributed by atoms with E-state index in [1.807, 2.05) is 0 Å². The van der Waals surface area contributed by atoms with E-state index in [0.717, 1.165) is 6.07 Å². The SMILES string of the molecule is CC(C)(C(=O)NCc1ccccn1)C(=O)Nc1ccc(Cl)cc1C(F)(F)F. The van der Waals surface area contributed by atoms with Crippen LogP contribution in [-0.4, -0.2) is 16.8 Å². The standard InChI is InChI=1S/C18H17ClF3N3O2/c1-17(2,15(26)24-10-12-5-3-4-8-23-12)16(27)25-14-7-6-11(19)9-13(14)18(20,21)22/h3-9H,10H2,1-2H3,(H,24,26)(H,25,27). The largest absolute Gasteiger partial charge is 0.418 e. The molecule has 0 radical (unpaired) electrons. The number of hydrogen-bond donors (Lipinski definition) is 2. The van der Waals surface area contributed by atoms with Crippen molar-refractivity contribution < 1.29 is 22.8 Å². The van der Waals surface area contributed by atoms with Crippen molar-refractivity contribution in [3.05, 3.63) is 58.9 Å². The second-order valence-corrected chi connectivity index (χ2v) is 6.71. The molecule has 0 unspecified atom stereocenters. The van der Waals surface area contributed by atoms with E-state index >= 15 is 0 Å². The minimum absolute atomic E-state index is 0.0884. The Labute approximate surface area is 158 Å². The first kappa shape index (κ1) is 20.7. The van der Waals surface area contributed by atoms with Crippen LogP contribution in [0.25, 0.3) is 0 Å². The number of aromatic nitrogens is 1. The Kier molecular flexibility index (Phi) is 6.10. The normalized spacial score (nSPS) is 11.8. The molecule has 0 saturated carbocycles. The fraction of sp³-hybridized carbons (Fsp3) is 0.278. The second-order valence-electron chi connectivity index (χ2n) is 6.27. The molecule has 9 heteroatoms. The van der Waals surface area contributed by atoms with Gasteiger partial charge in [0.05, 0.1) is 23.5 Å². The number of pyridine rings is 1. The maximum absolute atomic E-state index is 13.1. The van der Waals surface area contributed by atoms with E-state index in [0.29, 0.717) is 11.8 Å². The summed E-state index contributed by atoms with van der Waals surface area (Å²) in [7, 11) is 0. The number of rotatable bonds is 5. The van der Waals surface area contributed by atoms with Gasteiger partial charge in [-0.05, 0) is 44.2 Å². The van der Waals surface area contributed by atoms with Crippen molar-refractivity contribution in [2.24, 2.45) is 5.41 Å². The van der Waals surface area contributed by atoms with E-state index < -0.39 is 34.7 Å². The van der Waals surface area contributed by atoms with Crippen molar-refractivity contribution in [1.82, 2.24) is 10.3 Å². The molecule has 0 bridgehead atoms. The molecule has 0 spiro atoms. The first-order valence-corrected chi connectivity index (χ1v) is 8.26. The van der Waals surface area contributed by atoms with Gasteiger partial charge in [-0.3, -0.25) is 14.6 Å². The molecule has 1 aromatic carbocycles. The highest BCUT2D eigenvalue weighted by atomic mass is 35.5. The van der Waals surface area contributed by atoms with Crippen LogP contribution >= 0.6 is 11.6 Å². The van der Waals surface area contributed by atoms with Crippen LogP contribution in [0.4, 0.5) is 18.9 Å². The van der Waals surface area contributed by atoms with Gasteiger partial charge in [-0.15, -0.1) is 0 Å². The molecule has 0 atom stereocenters. The van der Waals surface area contributed by atoms with E-state index in [-0.39, 0.29) is 11.6 Å². The van der Waals surface area contributed by atoms with Gasteiger partial charge in [-0.2, -0.15) is 13.2 Å². The number of alkyl halides is 3. The number of anilines is 1. The van der Waals surface area contributed by atoms with E-state index in [1.54, 1.807) is 24.4 Å². The fourth-order valence-corrected chi connectivity index (χ4v) is 2.31. The summed E-state index contributed by atoms with van der Waals surface area (Å²) < 4.78 is 39.4. The van der Waals surface area contributed by atoms with Gasteiger partial charge >= 0.3 is 6.18 Å². The minimum atomic E-state index is -4.71. The zero-order chi connectivity index (χ0) is 20.2. The predicted molar refractivity (Wildman–Crippen MR) is 94.9 cm³/mol. The number of halogens is 4. The number of carbonyl (C=O) groups excluding carboxylic acids is 2. The van der Waals surface area contributed by atoms with Crippen molar-refractivity contribution in [2.75, 3.05) is 5.32 Å². The van der Waals surface area contributed by atoms with Crippen LogP contribution in [0.1, 0.15) is 25.1 Å². The van der Waals surface area contributed by atoms with E-state index in [9.17, 15) is 22.8 Å². The molecule has 2 amide bonds. The van der Waals surface area contributed by atoms with Crippen molar-refractivity contribution in [1.29, 1.82) is 0 Å². The van der Waals surface area contributed by atoms with Crippen LogP contribution in [0.15, 0.2) is 42.6 Å². The summed E-state index contributed by atoms with van der Waals surface area (Å²) >= 11 is 5.62. The molecule has 2 rings (SSSR count). The molecule has 0 aliphatic heterocycles. The molecule has 2 aromatic rings. The quantitative estimate of drug-likeness (QED) is 0.745. The Balaban J connectivity index is 2.13. The van der Waals surface area contributed by atoms with Crippen LogP contribution in [0, 0.1) is 5.41 Å². The Bertz CT molecular complexity index is 839. The molecule has 0 saturated heterocycles. The molecular weight excluding hydrogens is 383 g/mol. The molecule has 0 aliphatic carbocycles. The Morgan fingerprint density at radius 1 is 1.11 bits per heavy atom. The van der Waals surface area contributed by atoms with E-state index in [4.69, 9.17) is 11.6 Å². The van der Waals surface area contributed by atoms with Gasteiger partial charge in [0.15, 0.2) is 0 Å². The second kappa shape index (κ2) is 7.96. The van der Waals surface area contributed by atoms with Gasteiger partial charge in [0.25, 0.3) is 0 Å². The zero-order valence-corrected chi connectivity index (χ0v) is 15.3. The van der Waals surface area contributed by atoms with Crippen LogP contribution in [0.2, 0.25) is 5.02 Å². The molecule has 1 heterocycles. The van der Waals surface area contributed by atoms with Crippen LogP contribution < -0.4 is 10.6 Å². The zero-order valence-electron chi connectivity index (χ0n) is 14.5. The van der Waals surface area contributed by atoms with Crippen LogP contribution in [0.5, 0.6) is 0 Å². The number of amides is 2. The minimum Gasteiger partial charge on any atom is -0.350 e. The van der Waals surface area contributed by atoms with Crippen molar-refractivity contribution >= 4 is 29.1 Å². The fourth-order valence-electron chi connectivity index (χ4n) is 2.14. The summed E-state index contributed by atoms with van der Waals surface area (Å²) in [6.45, 7) is 2.73. The highest BCUT2D eigenvalue weighted by Crippen LogP contribution is 2.37. The molecule has 0 fully saturated rings. The molecule has 0 aliphatic rings. The predicted octanol–water partition coefficient (Wildman–Crippen LogP) is 4.03. The molecule has 144 valence electrons. The highest BCUT2D eigenvalue weighted by molar-refractivity contribution is 6.30. The molecule has 1 aromatic heterocycles. The average Bonchev–Trinajstić information content (AvgIpc) is 2.61. The summed E-state index contributed by atoms with van der Waals surface area (Å²) in [4.78, 5) is 28.9. The first-order chi connectivity index (χ1) is 12.5. The summed E-state index contributed by atoms with van der Waals surface area (Å²) in [5.41, 5.74) is -2.59. The number of nitrogens with zero attached hydrogens (tertiary/aromatic N) is 1. The lowest BCUT2D eigenvalue weighted by Gasteiger charge is -2.24. The first-order valence-electron chi connectivity index (χ1n) is 7.88. The summed E-state index contributed by atoms with van der Waals surface area (Å²) in [5, 5.41) is 4.61. The van der Waals surface area contributed by atoms with Crippen molar-refractivity contribution in [3.8, 4) is 0 Å². The molecule has 5 nitrogen and oxygen atoms in total. The summed E-state index contributed by atoms with van der Waals surface area (Å²) in [6.07, 6.45) is -3.16. The third-order valence-corrected chi connectivity index (χ3v) is 4.06. The summed E-state index contributed by atoms with van der Waals surface area (Å²) in [5.74, 6) is -1.53. The van der Waals surface area contributed by atoms with Crippen molar-refractivity contribution in [3.63, 3.8) is 0 Å². The number of nitrogens with one attached hydrogen (secondary N) is 2. The summed E-state index contributed by atoms with van der Waals surface area (Å²) in [6, 6.07) is 8.13. The van der Waals surface area contributed by atoms with Gasteiger partial charge in [-0.25, -0.2) is 0 Å². The van der Waals surface area contributed by atoms with Crippen LogP contribution in [-0.2, 0) is 22.3 Å². The molecule has 27 heavy (non-hydrogen) atoms. The van der Waals surface area contributed by atoms with Gasteiger partial charge in [0.1, 0.15) is 5.41 Å². The Morgan fingerprint density at radius 3 is 2.41 bits per heavy atom. The van der Waals surface area contributed by atoms with E-state index in [1.165, 1.54) is 19.9 Å². The van der Waals surface area contributed by atoms with Gasteiger partial charge in [-0.1, -0.05) is 17.7 Å². The molecule has 2 N–H and O–H groups in total.